The highest BCUT2D eigenvalue weighted by molar-refractivity contribution is 5.91. The number of carbonyl (C=O) groups excluding carboxylic acids is 3. The molecule has 0 saturated carbocycles. The van der Waals surface area contributed by atoms with Crippen molar-refractivity contribution in [3.05, 3.63) is 60.2 Å². The number of benzene rings is 2. The third kappa shape index (κ3) is 7.32. The number of ketones is 1. The molecule has 2 atom stereocenters. The molecule has 2 aromatic carbocycles. The number of para-hydroxylation sites is 1. The number of nitrogens with one attached hydrogen (secondary N) is 3. The Morgan fingerprint density at radius 3 is 2.53 bits per heavy atom. The van der Waals surface area contributed by atoms with Gasteiger partial charge in [-0.25, -0.2) is 0 Å². The molecule has 1 aliphatic rings. The van der Waals surface area contributed by atoms with Crippen LogP contribution in [-0.4, -0.2) is 60.2 Å². The van der Waals surface area contributed by atoms with Crippen molar-refractivity contribution < 1.29 is 14.4 Å². The summed E-state index contributed by atoms with van der Waals surface area (Å²) < 4.78 is 0. The summed E-state index contributed by atoms with van der Waals surface area (Å²) >= 11 is 0. The Bertz CT molecular complexity index is 1240. The predicted molar refractivity (Wildman–Crippen MR) is 152 cm³/mol. The number of Topliss-reactive ketones (excluding diaryl/α,β-unsaturated/α-hetero) is 1. The zero-order valence-corrected chi connectivity index (χ0v) is 22.6. The molecule has 2 heterocycles. The molecule has 2 amide bonds. The molecular weight excluding hydrogens is 476 g/mol. The minimum atomic E-state index is -0.567. The number of carbonyl (C=O) groups is 3. The quantitative estimate of drug-likeness (QED) is 0.292. The van der Waals surface area contributed by atoms with Crippen LogP contribution in [0.1, 0.15) is 51.0 Å². The number of hydrogen-bond acceptors (Lipinski definition) is 4. The average Bonchev–Trinajstić information content (AvgIpc) is 3.52. The van der Waals surface area contributed by atoms with E-state index in [0.29, 0.717) is 25.8 Å². The Morgan fingerprint density at radius 1 is 1.03 bits per heavy atom. The van der Waals surface area contributed by atoms with Crippen molar-refractivity contribution in [1.82, 2.24) is 20.5 Å². The lowest BCUT2D eigenvalue weighted by molar-refractivity contribution is -0.131. The zero-order chi connectivity index (χ0) is 26.9. The van der Waals surface area contributed by atoms with Crippen LogP contribution in [0, 0.1) is 5.92 Å². The van der Waals surface area contributed by atoms with Crippen LogP contribution in [0.25, 0.3) is 22.2 Å². The zero-order valence-electron chi connectivity index (χ0n) is 22.6. The van der Waals surface area contributed by atoms with Gasteiger partial charge in [0.25, 0.3) is 0 Å². The van der Waals surface area contributed by atoms with Gasteiger partial charge in [0.2, 0.25) is 11.8 Å². The summed E-state index contributed by atoms with van der Waals surface area (Å²) in [4.78, 5) is 43.2. The molecule has 0 radical (unpaired) electrons. The number of aromatic nitrogens is 1. The van der Waals surface area contributed by atoms with Gasteiger partial charge < -0.3 is 25.3 Å². The first-order valence-electron chi connectivity index (χ1n) is 13.8. The van der Waals surface area contributed by atoms with E-state index in [2.05, 4.69) is 44.8 Å². The molecule has 7 nitrogen and oxygen atoms in total. The van der Waals surface area contributed by atoms with Crippen LogP contribution in [0.3, 0.4) is 0 Å². The lowest BCUT2D eigenvalue weighted by Gasteiger charge is -2.21. The Balaban J connectivity index is 1.40. The van der Waals surface area contributed by atoms with Crippen molar-refractivity contribution in [2.75, 3.05) is 26.7 Å². The van der Waals surface area contributed by atoms with E-state index in [1.165, 1.54) is 5.56 Å². The van der Waals surface area contributed by atoms with Gasteiger partial charge in [-0.3, -0.25) is 9.59 Å². The second-order valence-electron chi connectivity index (χ2n) is 10.5. The molecule has 38 heavy (non-hydrogen) atoms. The van der Waals surface area contributed by atoms with Gasteiger partial charge in [-0.15, -0.1) is 0 Å². The molecule has 0 aliphatic carbocycles. The molecule has 3 aromatic rings. The first-order chi connectivity index (χ1) is 18.4. The fourth-order valence-electron chi connectivity index (χ4n) is 5.35. The molecule has 0 bridgehead atoms. The lowest BCUT2D eigenvalue weighted by Crippen LogP contribution is -2.49. The van der Waals surface area contributed by atoms with Gasteiger partial charge in [0.05, 0.1) is 5.92 Å². The summed E-state index contributed by atoms with van der Waals surface area (Å²) in [6, 6.07) is 17.9. The van der Waals surface area contributed by atoms with Crippen LogP contribution in [-0.2, 0) is 20.8 Å². The highest BCUT2D eigenvalue weighted by Crippen LogP contribution is 2.30. The van der Waals surface area contributed by atoms with Crippen molar-refractivity contribution in [1.29, 1.82) is 0 Å². The van der Waals surface area contributed by atoms with Crippen LogP contribution in [0.15, 0.2) is 54.6 Å². The van der Waals surface area contributed by atoms with Gasteiger partial charge in [0.15, 0.2) is 0 Å². The van der Waals surface area contributed by atoms with Gasteiger partial charge in [-0.1, -0.05) is 61.4 Å². The summed E-state index contributed by atoms with van der Waals surface area (Å²) in [5.41, 5.74) is 4.43. The maximum Gasteiger partial charge on any atom is 0.242 e. The lowest BCUT2D eigenvalue weighted by atomic mass is 10.0. The molecule has 4 rings (SSSR count). The molecule has 7 heteroatoms. The normalized spacial score (nSPS) is 16.4. The third-order valence-corrected chi connectivity index (χ3v) is 7.47. The van der Waals surface area contributed by atoms with E-state index in [1.807, 2.05) is 37.4 Å². The molecule has 1 aromatic heterocycles. The van der Waals surface area contributed by atoms with Gasteiger partial charge in [-0.05, 0) is 63.4 Å². The topological polar surface area (TPSA) is 94.3 Å². The summed E-state index contributed by atoms with van der Waals surface area (Å²) in [5.74, 6) is -0.0728. The number of amides is 2. The molecule has 202 valence electrons. The minimum absolute atomic E-state index is 0.0405. The summed E-state index contributed by atoms with van der Waals surface area (Å²) in [6.07, 6.45) is 5.09. The van der Waals surface area contributed by atoms with Crippen molar-refractivity contribution in [3.8, 4) is 11.3 Å². The molecule has 1 saturated heterocycles. The van der Waals surface area contributed by atoms with E-state index in [9.17, 15) is 14.4 Å². The smallest absolute Gasteiger partial charge is 0.242 e. The second-order valence-corrected chi connectivity index (χ2v) is 10.5. The van der Waals surface area contributed by atoms with Crippen molar-refractivity contribution in [3.63, 3.8) is 0 Å². The Kier molecular flexibility index (Phi) is 9.71. The number of likely N-dealkylation sites (tertiary alicyclic amines) is 1. The van der Waals surface area contributed by atoms with Gasteiger partial charge in [0, 0.05) is 36.1 Å². The molecule has 1 aliphatic heterocycles. The van der Waals surface area contributed by atoms with Gasteiger partial charge in [0.1, 0.15) is 11.8 Å². The number of hydrogen-bond donors (Lipinski definition) is 3. The fourth-order valence-corrected chi connectivity index (χ4v) is 5.35. The standard InChI is InChI=1S/C31H40N4O3/c1-22(36)11-5-3-8-16-28(34-30(37)24-18-20-35(2)21-24)31(38)32-19-17-26-25-14-9-10-15-27(25)33-29(26)23-12-6-4-7-13-23/h4,6-7,9-10,12-15,24,28,33H,3,5,8,11,16-21H2,1-2H3,(H,32,38)(H,34,37)/t24?,28-/m0/s1. The van der Waals surface area contributed by atoms with Gasteiger partial charge >= 0.3 is 0 Å². The van der Waals surface area contributed by atoms with Crippen molar-refractivity contribution >= 4 is 28.5 Å². The number of nitrogens with zero attached hydrogens (tertiary/aromatic N) is 1. The van der Waals surface area contributed by atoms with Crippen molar-refractivity contribution in [2.45, 2.75) is 57.9 Å². The molecule has 0 spiro atoms. The Hall–Kier alpha value is -3.45. The first kappa shape index (κ1) is 27.6. The predicted octanol–water partition coefficient (Wildman–Crippen LogP) is 4.47. The minimum Gasteiger partial charge on any atom is -0.354 e. The van der Waals surface area contributed by atoms with E-state index in [0.717, 1.165) is 60.9 Å². The summed E-state index contributed by atoms with van der Waals surface area (Å²) in [6.45, 7) is 3.70. The summed E-state index contributed by atoms with van der Waals surface area (Å²) in [5, 5.41) is 7.29. The van der Waals surface area contributed by atoms with E-state index in [4.69, 9.17) is 0 Å². The SMILES string of the molecule is CC(=O)CCCCC[C@H](NC(=O)C1CCN(C)C1)C(=O)NCCc1c(-c2ccccc2)[nH]c2ccccc12. The third-order valence-electron chi connectivity index (χ3n) is 7.47. The van der Waals surface area contributed by atoms with Crippen LogP contribution >= 0.6 is 0 Å². The van der Waals surface area contributed by atoms with Crippen LogP contribution in [0.2, 0.25) is 0 Å². The van der Waals surface area contributed by atoms with Gasteiger partial charge in [-0.2, -0.15) is 0 Å². The molecule has 3 N–H and O–H groups in total. The van der Waals surface area contributed by atoms with E-state index in [1.54, 1.807) is 6.92 Å². The Labute approximate surface area is 225 Å². The molecule has 1 fully saturated rings. The first-order valence-corrected chi connectivity index (χ1v) is 13.8. The van der Waals surface area contributed by atoms with Crippen LogP contribution in [0.4, 0.5) is 0 Å². The second kappa shape index (κ2) is 13.4. The highest BCUT2D eigenvalue weighted by atomic mass is 16.2. The fraction of sp³-hybridized carbons (Fsp3) is 0.452. The van der Waals surface area contributed by atoms with E-state index < -0.39 is 6.04 Å². The summed E-state index contributed by atoms with van der Waals surface area (Å²) in [7, 11) is 2.01. The van der Waals surface area contributed by atoms with Crippen LogP contribution in [0.5, 0.6) is 0 Å². The molecule has 1 unspecified atom stereocenters. The van der Waals surface area contributed by atoms with Crippen LogP contribution < -0.4 is 10.6 Å². The van der Waals surface area contributed by atoms with E-state index in [-0.39, 0.29) is 23.5 Å². The average molecular weight is 517 g/mol. The number of H-pyrrole nitrogens is 1. The number of unbranched alkanes of at least 4 members (excludes halogenated alkanes) is 2. The maximum atomic E-state index is 13.3. The molecular formula is C31H40N4O3. The Morgan fingerprint density at radius 2 is 1.79 bits per heavy atom. The largest absolute Gasteiger partial charge is 0.354 e. The highest BCUT2D eigenvalue weighted by Gasteiger charge is 2.29. The number of rotatable bonds is 13. The van der Waals surface area contributed by atoms with E-state index >= 15 is 0 Å². The maximum absolute atomic E-state index is 13.3. The number of fused-ring (bicyclic) bond motifs is 1. The van der Waals surface area contributed by atoms with Crippen molar-refractivity contribution in [2.24, 2.45) is 5.92 Å². The number of aromatic amines is 1. The monoisotopic (exact) mass is 516 g/mol.